The summed E-state index contributed by atoms with van der Waals surface area (Å²) in [5.74, 6) is 7.38. The lowest BCUT2D eigenvalue weighted by Crippen LogP contribution is -2.25. The van der Waals surface area contributed by atoms with E-state index in [0.29, 0.717) is 47.2 Å². The van der Waals surface area contributed by atoms with Crippen LogP contribution in [0.4, 0.5) is 11.4 Å². The number of aromatic amines is 2. The maximum Gasteiger partial charge on any atom is 0.201 e. The molecule has 0 aromatic carbocycles. The smallest absolute Gasteiger partial charge is 0.201 e. The number of aliphatic hydroxyl groups is 2. The van der Waals surface area contributed by atoms with Crippen LogP contribution in [0.3, 0.4) is 0 Å². The maximum absolute atomic E-state index is 9.06. The molecular weight excluding hydrogens is 328 g/mol. The molecule has 4 aromatic heterocycles. The number of H-pyrrole nitrogens is 2. The molecule has 6 N–H and O–H groups in total. The zero-order chi connectivity index (χ0) is 17.6. The van der Waals surface area contributed by atoms with E-state index in [1.54, 1.807) is 6.20 Å². The Morgan fingerprint density at radius 2 is 1.72 bits per heavy atom. The van der Waals surface area contributed by atoms with Crippen LogP contribution in [0, 0.1) is 6.92 Å². The quantitative estimate of drug-likeness (QED) is 0.215. The zero-order valence-electron chi connectivity index (χ0n) is 13.5. The fourth-order valence-electron chi connectivity index (χ4n) is 2.76. The van der Waals surface area contributed by atoms with Crippen molar-refractivity contribution in [3.8, 4) is 0 Å². The zero-order valence-corrected chi connectivity index (χ0v) is 13.5. The first-order chi connectivity index (χ1) is 12.1. The summed E-state index contributed by atoms with van der Waals surface area (Å²) >= 11 is 0. The highest BCUT2D eigenvalue weighted by atomic mass is 16.3. The van der Waals surface area contributed by atoms with E-state index >= 15 is 0 Å². The van der Waals surface area contributed by atoms with E-state index in [4.69, 9.17) is 16.1 Å². The van der Waals surface area contributed by atoms with E-state index in [1.807, 2.05) is 6.92 Å². The second-order valence-corrected chi connectivity index (χ2v) is 5.59. The van der Waals surface area contributed by atoms with Gasteiger partial charge in [0.15, 0.2) is 11.6 Å². The van der Waals surface area contributed by atoms with Gasteiger partial charge in [-0.05, 0) is 6.92 Å². The highest BCUT2D eigenvalue weighted by Crippen LogP contribution is 2.30. The van der Waals surface area contributed by atoms with Crippen LogP contribution in [0.25, 0.3) is 11.3 Å². The molecule has 0 amide bonds. The average molecular weight is 346 g/mol. The van der Waals surface area contributed by atoms with Crippen LogP contribution >= 0.6 is 0 Å². The van der Waals surface area contributed by atoms with Crippen molar-refractivity contribution in [3.63, 3.8) is 0 Å². The number of hydrazine groups is 1. The molecule has 0 spiro atoms. The molecule has 4 aromatic rings. The van der Waals surface area contributed by atoms with Crippen LogP contribution in [-0.4, -0.2) is 63.0 Å². The molecule has 0 aliphatic carbocycles. The molecular formula is C13H18N10O2. The molecule has 0 aliphatic rings. The highest BCUT2D eigenvalue weighted by Gasteiger charge is 2.22. The molecule has 0 radical (unpaired) electrons. The minimum atomic E-state index is -0.0281. The maximum atomic E-state index is 9.06. The Morgan fingerprint density at radius 1 is 1.08 bits per heavy atom. The van der Waals surface area contributed by atoms with Crippen LogP contribution in [0.2, 0.25) is 0 Å². The number of aliphatic hydroxyl groups excluding tert-OH is 2. The molecule has 4 heterocycles. The summed E-state index contributed by atoms with van der Waals surface area (Å²) in [6.07, 6.45) is 2.41. The van der Waals surface area contributed by atoms with Crippen molar-refractivity contribution >= 4 is 22.7 Å². The van der Waals surface area contributed by atoms with E-state index in [0.717, 1.165) is 5.69 Å². The Morgan fingerprint density at radius 3 is 2.40 bits per heavy atom. The van der Waals surface area contributed by atoms with E-state index < -0.39 is 0 Å². The topological polar surface area (TPSA) is 162 Å². The first-order valence-corrected chi connectivity index (χ1v) is 7.76. The molecule has 12 heteroatoms. The van der Waals surface area contributed by atoms with Gasteiger partial charge in [0, 0.05) is 19.0 Å². The number of aromatic nitrogens is 8. The molecule has 0 saturated heterocycles. The molecule has 12 nitrogen and oxygen atoms in total. The molecule has 132 valence electrons. The number of anilines is 2. The summed E-state index contributed by atoms with van der Waals surface area (Å²) < 4.78 is 3.03. The van der Waals surface area contributed by atoms with Crippen LogP contribution in [0.15, 0.2) is 6.20 Å². The number of nitrogens with one attached hydrogen (secondary N) is 2. The van der Waals surface area contributed by atoms with Gasteiger partial charge in [-0.1, -0.05) is 0 Å². The third-order valence-corrected chi connectivity index (χ3v) is 3.87. The van der Waals surface area contributed by atoms with E-state index in [-0.39, 0.29) is 13.2 Å². The minimum Gasteiger partial charge on any atom is -0.396 e. The van der Waals surface area contributed by atoms with Gasteiger partial charge < -0.3 is 10.2 Å². The Hall–Kier alpha value is -2.96. The van der Waals surface area contributed by atoms with Crippen LogP contribution in [0.1, 0.15) is 17.3 Å². The van der Waals surface area contributed by atoms with Gasteiger partial charge >= 0.3 is 0 Å². The Labute approximate surface area is 140 Å². The summed E-state index contributed by atoms with van der Waals surface area (Å²) in [6, 6.07) is 0. The lowest BCUT2D eigenvalue weighted by Gasteiger charge is -2.15. The van der Waals surface area contributed by atoms with Crippen LogP contribution in [0.5, 0.6) is 0 Å². The summed E-state index contributed by atoms with van der Waals surface area (Å²) in [4.78, 5) is 8.81. The van der Waals surface area contributed by atoms with Crippen molar-refractivity contribution in [2.24, 2.45) is 5.84 Å². The van der Waals surface area contributed by atoms with Crippen LogP contribution in [-0.2, 0) is 12.8 Å². The van der Waals surface area contributed by atoms with E-state index in [9.17, 15) is 0 Å². The summed E-state index contributed by atoms with van der Waals surface area (Å²) in [6.45, 7) is 1.81. The van der Waals surface area contributed by atoms with Crippen molar-refractivity contribution in [3.05, 3.63) is 23.5 Å². The monoisotopic (exact) mass is 346 g/mol. The SMILES string of the molecule is Cc1[nH]n2nc(CCO)nc2c1N(N)c1c[nH]n2nc(CCO)nc12. The molecule has 0 aliphatic heterocycles. The van der Waals surface area contributed by atoms with Crippen molar-refractivity contribution in [2.75, 3.05) is 18.2 Å². The molecule has 0 bridgehead atoms. The van der Waals surface area contributed by atoms with Crippen LogP contribution < -0.4 is 10.9 Å². The molecule has 25 heavy (non-hydrogen) atoms. The number of nitrogens with zero attached hydrogens (tertiary/aromatic N) is 7. The standard InChI is InChI=1S/C13H18N10O2/c1-7-11(13-17-10(3-5-25)20-23(13)18-7)21(14)8-6-15-22-12(8)16-9(19-22)2-4-24/h6,15,18,24-25H,2-5,14H2,1H3. The van der Waals surface area contributed by atoms with Gasteiger partial charge in [-0.2, -0.15) is 9.26 Å². The van der Waals surface area contributed by atoms with Gasteiger partial charge in [0.05, 0.1) is 18.9 Å². The normalized spacial score (nSPS) is 11.8. The summed E-state index contributed by atoms with van der Waals surface area (Å²) in [7, 11) is 0. The van der Waals surface area contributed by atoms with Gasteiger partial charge in [0.25, 0.3) is 0 Å². The van der Waals surface area contributed by atoms with Gasteiger partial charge in [-0.15, -0.1) is 10.2 Å². The number of rotatable bonds is 6. The molecule has 4 rings (SSSR count). The summed E-state index contributed by atoms with van der Waals surface area (Å²) in [5, 5.41) is 34.1. The number of nitrogens with two attached hydrogens (primary N) is 1. The third kappa shape index (κ3) is 2.43. The van der Waals surface area contributed by atoms with Crippen molar-refractivity contribution in [1.29, 1.82) is 0 Å². The Bertz CT molecular complexity index is 1020. The number of fused-ring (bicyclic) bond motifs is 2. The number of aryl methyl sites for hydroxylation is 1. The van der Waals surface area contributed by atoms with Gasteiger partial charge in [-0.25, -0.2) is 15.8 Å². The largest absolute Gasteiger partial charge is 0.396 e. The van der Waals surface area contributed by atoms with Gasteiger partial charge in [0.1, 0.15) is 11.4 Å². The van der Waals surface area contributed by atoms with E-state index in [1.165, 1.54) is 14.3 Å². The summed E-state index contributed by atoms with van der Waals surface area (Å²) in [5.41, 5.74) is 3.12. The first-order valence-electron chi connectivity index (χ1n) is 7.76. The van der Waals surface area contributed by atoms with Gasteiger partial charge in [-0.3, -0.25) is 15.2 Å². The van der Waals surface area contributed by atoms with E-state index in [2.05, 4.69) is 30.4 Å². The number of hydrogen-bond donors (Lipinski definition) is 5. The highest BCUT2D eigenvalue weighted by molar-refractivity contribution is 5.82. The molecule has 0 fully saturated rings. The predicted molar refractivity (Wildman–Crippen MR) is 87.3 cm³/mol. The molecule has 0 saturated carbocycles. The first kappa shape index (κ1) is 15.6. The average Bonchev–Trinajstić information content (AvgIpc) is 3.27. The second-order valence-electron chi connectivity index (χ2n) is 5.59. The van der Waals surface area contributed by atoms with Gasteiger partial charge in [0.2, 0.25) is 11.3 Å². The Balaban J connectivity index is 1.78. The fraction of sp³-hybridized carbons (Fsp3) is 0.385. The molecule has 0 atom stereocenters. The van der Waals surface area contributed by atoms with Crippen molar-refractivity contribution in [1.82, 2.24) is 39.6 Å². The lowest BCUT2D eigenvalue weighted by molar-refractivity contribution is 0.296. The number of hydrogen-bond acceptors (Lipinski definition) is 8. The molecule has 0 unspecified atom stereocenters. The second kappa shape index (κ2) is 5.84. The van der Waals surface area contributed by atoms with Crippen molar-refractivity contribution < 1.29 is 10.2 Å². The van der Waals surface area contributed by atoms with Crippen molar-refractivity contribution in [2.45, 2.75) is 19.8 Å². The predicted octanol–water partition coefficient (Wildman–Crippen LogP) is -1.18. The third-order valence-electron chi connectivity index (χ3n) is 3.87. The fourth-order valence-corrected chi connectivity index (χ4v) is 2.76. The Kier molecular flexibility index (Phi) is 3.63. The lowest BCUT2D eigenvalue weighted by atomic mass is 10.3. The minimum absolute atomic E-state index is 0.0280.